The van der Waals surface area contributed by atoms with Gasteiger partial charge in [0.15, 0.2) is 5.11 Å². The number of anilines is 2. The summed E-state index contributed by atoms with van der Waals surface area (Å²) >= 11 is 5.80. The molecule has 1 fully saturated rings. The fraction of sp³-hybridized carbons (Fsp3) is 0.207. The summed E-state index contributed by atoms with van der Waals surface area (Å²) in [5, 5.41) is 6.66. The lowest BCUT2D eigenvalue weighted by atomic mass is 9.96. The van der Waals surface area contributed by atoms with Gasteiger partial charge in [0.05, 0.1) is 23.3 Å². The van der Waals surface area contributed by atoms with Gasteiger partial charge in [-0.15, -0.1) is 0 Å². The molecule has 2 unspecified atom stereocenters. The second-order valence-corrected chi connectivity index (χ2v) is 9.82. The molecule has 2 aromatic heterocycles. The van der Waals surface area contributed by atoms with Crippen molar-refractivity contribution in [2.45, 2.75) is 39.0 Å². The number of nitrogens with one attached hydrogen (secondary N) is 2. The van der Waals surface area contributed by atoms with E-state index in [4.69, 9.17) is 12.2 Å². The van der Waals surface area contributed by atoms with Gasteiger partial charge in [-0.05, 0) is 92.3 Å². The molecular weight excluding hydrogens is 523 g/mol. The second-order valence-electron chi connectivity index (χ2n) is 9.43. The lowest BCUT2D eigenvalue weighted by Gasteiger charge is -2.28. The van der Waals surface area contributed by atoms with Gasteiger partial charge in [-0.2, -0.15) is 13.2 Å². The Labute approximate surface area is 229 Å². The average Bonchev–Trinajstić information content (AvgIpc) is 3.39. The van der Waals surface area contributed by atoms with Crippen molar-refractivity contribution in [3.05, 3.63) is 107 Å². The first-order chi connectivity index (χ1) is 18.5. The molecule has 2 N–H and O–H groups in total. The quantitative estimate of drug-likeness (QED) is 0.273. The van der Waals surface area contributed by atoms with Crippen molar-refractivity contribution in [1.29, 1.82) is 0 Å². The second kappa shape index (κ2) is 10.2. The summed E-state index contributed by atoms with van der Waals surface area (Å²) in [6, 6.07) is 19.7. The molecule has 1 amide bonds. The van der Waals surface area contributed by atoms with Crippen LogP contribution in [0, 0.1) is 13.8 Å². The minimum atomic E-state index is -4.44. The summed E-state index contributed by atoms with van der Waals surface area (Å²) in [5.74, 6) is -0.170. The number of amides is 1. The zero-order valence-electron chi connectivity index (χ0n) is 21.5. The van der Waals surface area contributed by atoms with E-state index in [1.165, 1.54) is 13.0 Å². The molecule has 3 heterocycles. The van der Waals surface area contributed by atoms with E-state index in [0.717, 1.165) is 40.5 Å². The van der Waals surface area contributed by atoms with E-state index < -0.39 is 11.7 Å². The van der Waals surface area contributed by atoms with Crippen LogP contribution in [0.3, 0.4) is 0 Å². The number of thiocarbonyl (C=S) groups is 1. The highest BCUT2D eigenvalue weighted by molar-refractivity contribution is 7.80. The average molecular weight is 550 g/mol. The van der Waals surface area contributed by atoms with Crippen LogP contribution in [0.15, 0.2) is 79.0 Å². The van der Waals surface area contributed by atoms with Crippen molar-refractivity contribution < 1.29 is 18.0 Å². The zero-order valence-corrected chi connectivity index (χ0v) is 22.3. The molecule has 0 spiro atoms. The third-order valence-corrected chi connectivity index (χ3v) is 7.10. The van der Waals surface area contributed by atoms with Crippen LogP contribution in [-0.4, -0.2) is 20.6 Å². The van der Waals surface area contributed by atoms with Gasteiger partial charge in [-0.3, -0.25) is 9.78 Å². The van der Waals surface area contributed by atoms with E-state index in [2.05, 4.69) is 15.6 Å². The number of alkyl halides is 3. The van der Waals surface area contributed by atoms with E-state index in [1.54, 1.807) is 24.4 Å². The Morgan fingerprint density at radius 2 is 1.74 bits per heavy atom. The molecule has 0 aliphatic carbocycles. The van der Waals surface area contributed by atoms with Gasteiger partial charge in [-0.1, -0.05) is 12.1 Å². The lowest BCUT2D eigenvalue weighted by molar-refractivity contribution is -0.137. The number of halogens is 3. The number of hydrogen-bond donors (Lipinski definition) is 2. The Balaban J connectivity index is 1.63. The van der Waals surface area contributed by atoms with E-state index >= 15 is 0 Å². The molecule has 4 aromatic rings. The molecule has 0 saturated carbocycles. The predicted molar refractivity (Wildman–Crippen MR) is 149 cm³/mol. The maximum absolute atomic E-state index is 13.5. The molecule has 1 aliphatic rings. The van der Waals surface area contributed by atoms with Crippen LogP contribution in [-0.2, 0) is 11.0 Å². The number of carbonyl (C=O) groups is 1. The number of carbonyl (C=O) groups excluding carboxylic acids is 1. The van der Waals surface area contributed by atoms with Crippen LogP contribution in [0.2, 0.25) is 0 Å². The maximum atomic E-state index is 13.5. The molecule has 1 aliphatic heterocycles. The highest BCUT2D eigenvalue weighted by atomic mass is 32.1. The molecule has 2 aromatic carbocycles. The number of hydrogen-bond acceptors (Lipinski definition) is 3. The Kier molecular flexibility index (Phi) is 6.90. The Morgan fingerprint density at radius 3 is 2.38 bits per heavy atom. The van der Waals surface area contributed by atoms with Crippen molar-refractivity contribution in [2.24, 2.45) is 0 Å². The van der Waals surface area contributed by atoms with Crippen molar-refractivity contribution in [1.82, 2.24) is 14.9 Å². The van der Waals surface area contributed by atoms with Gasteiger partial charge in [0, 0.05) is 41.6 Å². The lowest BCUT2D eigenvalue weighted by Crippen LogP contribution is -2.29. The summed E-state index contributed by atoms with van der Waals surface area (Å²) < 4.78 is 42.3. The SMILES string of the molecule is CC(=O)Nc1ccc(N2C(=S)NC(c3ccccn3)C2c2cc(C)n(-c3cccc(C(F)(F)F)c3)c2C)cc1. The fourth-order valence-corrected chi connectivity index (χ4v) is 5.51. The predicted octanol–water partition coefficient (Wildman–Crippen LogP) is 6.64. The van der Waals surface area contributed by atoms with Crippen molar-refractivity contribution in [3.63, 3.8) is 0 Å². The van der Waals surface area contributed by atoms with Gasteiger partial charge in [-0.25, -0.2) is 0 Å². The molecule has 200 valence electrons. The first kappa shape index (κ1) is 26.4. The van der Waals surface area contributed by atoms with Crippen LogP contribution in [0.4, 0.5) is 24.5 Å². The minimum Gasteiger partial charge on any atom is -0.351 e. The van der Waals surface area contributed by atoms with Crippen molar-refractivity contribution in [3.8, 4) is 5.69 Å². The number of rotatable bonds is 5. The zero-order chi connectivity index (χ0) is 27.9. The molecule has 0 radical (unpaired) electrons. The topological polar surface area (TPSA) is 62.2 Å². The summed E-state index contributed by atoms with van der Waals surface area (Å²) in [6.07, 6.45) is -2.73. The molecule has 6 nitrogen and oxygen atoms in total. The van der Waals surface area contributed by atoms with Crippen molar-refractivity contribution >= 4 is 34.6 Å². The van der Waals surface area contributed by atoms with Gasteiger partial charge in [0.2, 0.25) is 5.91 Å². The Morgan fingerprint density at radius 1 is 1.00 bits per heavy atom. The number of benzene rings is 2. The molecule has 5 rings (SSSR count). The first-order valence-corrected chi connectivity index (χ1v) is 12.7. The molecule has 39 heavy (non-hydrogen) atoms. The summed E-state index contributed by atoms with van der Waals surface area (Å²) in [4.78, 5) is 18.0. The summed E-state index contributed by atoms with van der Waals surface area (Å²) in [6.45, 7) is 5.22. The van der Waals surface area contributed by atoms with Crippen LogP contribution in [0.25, 0.3) is 5.69 Å². The van der Waals surface area contributed by atoms with Crippen LogP contribution < -0.4 is 15.5 Å². The van der Waals surface area contributed by atoms with Gasteiger partial charge < -0.3 is 20.1 Å². The number of aryl methyl sites for hydroxylation is 1. The highest BCUT2D eigenvalue weighted by Gasteiger charge is 2.42. The first-order valence-electron chi connectivity index (χ1n) is 12.3. The van der Waals surface area contributed by atoms with Crippen LogP contribution in [0.1, 0.15) is 47.2 Å². The van der Waals surface area contributed by atoms with Crippen LogP contribution in [0.5, 0.6) is 0 Å². The normalized spacial score (nSPS) is 17.3. The molecular formula is C29H26F3N5OS. The summed E-state index contributed by atoms with van der Waals surface area (Å²) in [5.41, 5.74) is 4.46. The summed E-state index contributed by atoms with van der Waals surface area (Å²) in [7, 11) is 0. The highest BCUT2D eigenvalue weighted by Crippen LogP contribution is 2.44. The number of aromatic nitrogens is 2. The van der Waals surface area contributed by atoms with Crippen molar-refractivity contribution in [2.75, 3.05) is 10.2 Å². The Hall–Kier alpha value is -4.18. The van der Waals surface area contributed by atoms with E-state index in [1.807, 2.05) is 59.7 Å². The molecule has 0 bridgehead atoms. The van der Waals surface area contributed by atoms with Gasteiger partial charge in [0.1, 0.15) is 0 Å². The van der Waals surface area contributed by atoms with Gasteiger partial charge in [0.25, 0.3) is 0 Å². The minimum absolute atomic E-state index is 0.170. The van der Waals surface area contributed by atoms with Crippen LogP contribution >= 0.6 is 12.2 Å². The molecule has 1 saturated heterocycles. The Bertz CT molecular complexity index is 1530. The largest absolute Gasteiger partial charge is 0.416 e. The molecule has 10 heteroatoms. The maximum Gasteiger partial charge on any atom is 0.416 e. The smallest absolute Gasteiger partial charge is 0.351 e. The number of pyridine rings is 1. The fourth-order valence-electron chi connectivity index (χ4n) is 5.16. The monoisotopic (exact) mass is 549 g/mol. The van der Waals surface area contributed by atoms with E-state index in [9.17, 15) is 18.0 Å². The van der Waals surface area contributed by atoms with E-state index in [0.29, 0.717) is 16.5 Å². The van der Waals surface area contributed by atoms with Gasteiger partial charge >= 0.3 is 6.18 Å². The van der Waals surface area contributed by atoms with E-state index in [-0.39, 0.29) is 18.0 Å². The third kappa shape index (κ3) is 5.12. The molecule has 2 atom stereocenters. The third-order valence-electron chi connectivity index (χ3n) is 6.78. The number of nitrogens with zero attached hydrogens (tertiary/aromatic N) is 3. The standard InChI is InChI=1S/C29H26F3N5OS/c1-17-15-24(18(2)36(17)23-8-6-7-20(16-23)29(30,31)32)27-26(25-9-4-5-14-33-25)35-28(39)37(27)22-12-10-21(11-13-22)34-19(3)38/h4-16,26-27H,1-3H3,(H,34,38)(H,35,39).